The van der Waals surface area contributed by atoms with Gasteiger partial charge in [0, 0.05) is 0 Å². The van der Waals surface area contributed by atoms with Crippen molar-refractivity contribution in [3.05, 3.63) is 23.8 Å². The van der Waals surface area contributed by atoms with Gasteiger partial charge in [-0.25, -0.2) is 0 Å². The van der Waals surface area contributed by atoms with Gasteiger partial charge in [0.15, 0.2) is 0 Å². The molecule has 0 radical (unpaired) electrons. The molecular formula is C7H5NO3. The van der Waals surface area contributed by atoms with Crippen LogP contribution in [0, 0.1) is 0 Å². The second-order valence-corrected chi connectivity index (χ2v) is 2.16. The quantitative estimate of drug-likeness (QED) is 0.621. The van der Waals surface area contributed by atoms with Crippen molar-refractivity contribution in [3.63, 3.8) is 0 Å². The first-order valence-corrected chi connectivity index (χ1v) is 3.06. The number of amides is 1. The molecular weight excluding hydrogens is 146 g/mol. The van der Waals surface area contributed by atoms with Gasteiger partial charge in [-0.2, -0.15) is 0 Å². The van der Waals surface area contributed by atoms with E-state index in [-0.39, 0.29) is 0 Å². The average Bonchev–Trinajstić information content (AvgIpc) is 1.90. The molecule has 1 aromatic carbocycles. The Hall–Kier alpha value is -1.71. The summed E-state index contributed by atoms with van der Waals surface area (Å²) in [6.07, 6.45) is 0. The molecule has 0 spiro atoms. The van der Waals surface area contributed by atoms with Crippen LogP contribution in [-0.4, -0.2) is 5.91 Å². The molecule has 0 saturated heterocycles. The zero-order valence-corrected chi connectivity index (χ0v) is 5.53. The first kappa shape index (κ1) is 6.03. The smallest absolute Gasteiger partial charge is 0.252 e. The Morgan fingerprint density at radius 3 is 2.64 bits per heavy atom. The van der Waals surface area contributed by atoms with Crippen molar-refractivity contribution in [2.45, 2.75) is 0 Å². The zero-order chi connectivity index (χ0) is 7.84. The first-order valence-electron chi connectivity index (χ1n) is 3.06. The van der Waals surface area contributed by atoms with Crippen LogP contribution in [0.2, 0.25) is 0 Å². The molecule has 56 valence electrons. The SMILES string of the molecule is NC(=O)c1cccc2ooc12. The molecule has 0 saturated carbocycles. The van der Waals surface area contributed by atoms with Crippen LogP contribution in [0.1, 0.15) is 10.4 Å². The van der Waals surface area contributed by atoms with E-state index in [9.17, 15) is 4.79 Å². The molecule has 0 bridgehead atoms. The molecule has 1 amide bonds. The fraction of sp³-hybridized carbons (Fsp3) is 0. The van der Waals surface area contributed by atoms with E-state index in [1.54, 1.807) is 18.2 Å². The summed E-state index contributed by atoms with van der Waals surface area (Å²) in [7, 11) is 0. The highest BCUT2D eigenvalue weighted by molar-refractivity contribution is 6.02. The lowest BCUT2D eigenvalue weighted by Crippen LogP contribution is -2.11. The summed E-state index contributed by atoms with van der Waals surface area (Å²) in [6.45, 7) is 0. The number of hydrogen-bond donors (Lipinski definition) is 1. The molecule has 1 aromatic heterocycles. The Kier molecular flexibility index (Phi) is 1.03. The van der Waals surface area contributed by atoms with Gasteiger partial charge < -0.3 is 5.73 Å². The number of para-hydroxylation sites is 1. The molecule has 0 aliphatic rings. The molecule has 0 atom stereocenters. The van der Waals surface area contributed by atoms with Gasteiger partial charge >= 0.3 is 0 Å². The molecule has 2 N–H and O–H groups in total. The number of benzene rings is 1. The number of carbonyl (C=O) groups is 1. The van der Waals surface area contributed by atoms with E-state index in [0.29, 0.717) is 16.7 Å². The molecule has 0 fully saturated rings. The van der Waals surface area contributed by atoms with Crippen LogP contribution in [0.3, 0.4) is 0 Å². The number of carbonyl (C=O) groups excluding carboxylic acids is 1. The summed E-state index contributed by atoms with van der Waals surface area (Å²) in [6, 6.07) is 4.97. The summed E-state index contributed by atoms with van der Waals surface area (Å²) >= 11 is 0. The van der Waals surface area contributed by atoms with Crippen molar-refractivity contribution in [1.82, 2.24) is 0 Å². The molecule has 2 aromatic rings. The van der Waals surface area contributed by atoms with E-state index in [1.807, 2.05) is 0 Å². The third kappa shape index (κ3) is 0.724. The van der Waals surface area contributed by atoms with Crippen LogP contribution >= 0.6 is 0 Å². The van der Waals surface area contributed by atoms with Crippen LogP contribution in [0.25, 0.3) is 11.2 Å². The van der Waals surface area contributed by atoms with Crippen LogP contribution in [0.4, 0.5) is 0 Å². The van der Waals surface area contributed by atoms with E-state index in [0.717, 1.165) is 0 Å². The van der Waals surface area contributed by atoms with E-state index >= 15 is 0 Å². The predicted octanol–water partition coefficient (Wildman–Crippen LogP) is 1.12. The van der Waals surface area contributed by atoms with Gasteiger partial charge in [0.05, 0.1) is 5.56 Å². The lowest BCUT2D eigenvalue weighted by atomic mass is 10.2. The number of primary amides is 1. The van der Waals surface area contributed by atoms with E-state index < -0.39 is 5.91 Å². The highest BCUT2D eigenvalue weighted by Crippen LogP contribution is 2.21. The van der Waals surface area contributed by atoms with Crippen LogP contribution in [0.15, 0.2) is 27.4 Å². The summed E-state index contributed by atoms with van der Waals surface area (Å²) in [5.74, 6) is -0.509. The maximum Gasteiger partial charge on any atom is 0.252 e. The summed E-state index contributed by atoms with van der Waals surface area (Å²) in [5, 5.41) is 0. The van der Waals surface area contributed by atoms with Crippen LogP contribution in [-0.2, 0) is 0 Å². The van der Waals surface area contributed by atoms with Crippen LogP contribution < -0.4 is 5.73 Å². The maximum absolute atomic E-state index is 10.7. The van der Waals surface area contributed by atoms with Crippen LogP contribution in [0.5, 0.6) is 0 Å². The molecule has 4 nitrogen and oxygen atoms in total. The number of hydrogen-bond acceptors (Lipinski definition) is 3. The monoisotopic (exact) mass is 151 g/mol. The second-order valence-electron chi connectivity index (χ2n) is 2.16. The standard InChI is InChI=1S/C7H5NO3/c8-7(9)4-2-1-3-5-6(4)11-10-5/h1-3H,(H2,8,9). The minimum Gasteiger partial charge on any atom is -0.365 e. The van der Waals surface area contributed by atoms with Crippen molar-refractivity contribution in [3.8, 4) is 0 Å². The van der Waals surface area contributed by atoms with E-state index in [4.69, 9.17) is 5.73 Å². The van der Waals surface area contributed by atoms with Crippen molar-refractivity contribution in [2.75, 3.05) is 0 Å². The molecule has 11 heavy (non-hydrogen) atoms. The van der Waals surface area contributed by atoms with E-state index in [2.05, 4.69) is 9.15 Å². The molecule has 0 unspecified atom stereocenters. The number of rotatable bonds is 1. The number of fused-ring (bicyclic) bond motifs is 1. The molecule has 1 heterocycles. The lowest BCUT2D eigenvalue weighted by Gasteiger charge is -2.00. The average molecular weight is 151 g/mol. The van der Waals surface area contributed by atoms with Crippen molar-refractivity contribution in [1.29, 1.82) is 0 Å². The summed E-state index contributed by atoms with van der Waals surface area (Å²) < 4.78 is 9.13. The summed E-state index contributed by atoms with van der Waals surface area (Å²) in [5.41, 5.74) is 6.39. The highest BCUT2D eigenvalue weighted by Gasteiger charge is 2.13. The largest absolute Gasteiger partial charge is 0.365 e. The van der Waals surface area contributed by atoms with Crippen molar-refractivity contribution >= 4 is 17.1 Å². The van der Waals surface area contributed by atoms with Crippen molar-refractivity contribution in [2.24, 2.45) is 5.73 Å². The van der Waals surface area contributed by atoms with Gasteiger partial charge in [0.25, 0.3) is 5.91 Å². The normalized spacial score (nSPS) is 10.5. The van der Waals surface area contributed by atoms with Crippen molar-refractivity contribution < 1.29 is 13.9 Å². The predicted molar refractivity (Wildman–Crippen MR) is 37.0 cm³/mol. The topological polar surface area (TPSA) is 69.4 Å². The third-order valence-electron chi connectivity index (χ3n) is 1.46. The first-order chi connectivity index (χ1) is 5.29. The third-order valence-corrected chi connectivity index (χ3v) is 1.46. The Bertz CT molecular complexity index is 398. The van der Waals surface area contributed by atoms with Gasteiger partial charge in [-0.1, -0.05) is 6.07 Å². The van der Waals surface area contributed by atoms with E-state index in [1.165, 1.54) is 0 Å². The fourth-order valence-corrected chi connectivity index (χ4v) is 0.914. The van der Waals surface area contributed by atoms with Gasteiger partial charge in [-0.15, -0.1) is 0 Å². The minimum absolute atomic E-state index is 0.355. The van der Waals surface area contributed by atoms with Gasteiger partial charge in [0.2, 0.25) is 11.2 Å². The lowest BCUT2D eigenvalue weighted by molar-refractivity contribution is 0.0575. The zero-order valence-electron chi connectivity index (χ0n) is 5.53. The second kappa shape index (κ2) is 1.88. The summed E-state index contributed by atoms with van der Waals surface area (Å²) in [4.78, 5) is 10.7. The Balaban J connectivity index is 2.71. The Morgan fingerprint density at radius 2 is 2.18 bits per heavy atom. The Morgan fingerprint density at radius 1 is 1.36 bits per heavy atom. The fourth-order valence-electron chi connectivity index (χ4n) is 0.914. The highest BCUT2D eigenvalue weighted by atomic mass is 17.0. The van der Waals surface area contributed by atoms with Gasteiger partial charge in [-0.05, 0) is 12.1 Å². The minimum atomic E-state index is -0.509. The maximum atomic E-state index is 10.7. The number of nitrogens with two attached hydrogens (primary N) is 1. The molecule has 4 heteroatoms. The molecule has 2 rings (SSSR count). The van der Waals surface area contributed by atoms with Gasteiger partial charge in [0.1, 0.15) is 0 Å². The van der Waals surface area contributed by atoms with Gasteiger partial charge in [-0.3, -0.25) is 13.9 Å². The molecule has 0 aliphatic carbocycles. The molecule has 0 aliphatic heterocycles. The Labute approximate surface area is 61.5 Å².